The van der Waals surface area contributed by atoms with E-state index in [1.807, 2.05) is 24.3 Å². The third kappa shape index (κ3) is 2.15. The zero-order valence-corrected chi connectivity index (χ0v) is 11.7. The number of methoxy groups -OCH3 is 1. The van der Waals surface area contributed by atoms with E-state index < -0.39 is 0 Å². The zero-order chi connectivity index (χ0) is 13.4. The molecule has 0 radical (unpaired) electrons. The molecule has 0 atom stereocenters. The first kappa shape index (κ1) is 12.0. The van der Waals surface area contributed by atoms with Crippen LogP contribution in [0, 0.1) is 0 Å². The number of halogens is 1. The number of aromatic nitrogens is 3. The van der Waals surface area contributed by atoms with Crippen molar-refractivity contribution < 1.29 is 4.74 Å². The third-order valence-electron chi connectivity index (χ3n) is 2.80. The topological polar surface area (TPSA) is 76.8 Å². The maximum atomic E-state index is 5.65. The molecule has 96 valence electrons. The number of imidazole rings is 1. The van der Waals surface area contributed by atoms with Crippen LogP contribution in [-0.2, 0) is 0 Å². The Morgan fingerprint density at radius 2 is 2.05 bits per heavy atom. The van der Waals surface area contributed by atoms with Gasteiger partial charge < -0.3 is 15.5 Å². The Morgan fingerprint density at radius 1 is 1.21 bits per heavy atom. The number of anilines is 1. The van der Waals surface area contributed by atoms with Gasteiger partial charge in [-0.25, -0.2) is 9.97 Å². The van der Waals surface area contributed by atoms with Crippen LogP contribution in [0.25, 0.3) is 22.6 Å². The molecule has 3 N–H and O–H groups in total. The lowest BCUT2D eigenvalue weighted by Crippen LogP contribution is -1.88. The molecule has 0 aliphatic heterocycles. The number of pyridine rings is 1. The fourth-order valence-corrected chi connectivity index (χ4v) is 2.28. The summed E-state index contributed by atoms with van der Waals surface area (Å²) < 4.78 is 6.16. The van der Waals surface area contributed by atoms with Gasteiger partial charge in [-0.1, -0.05) is 15.9 Å². The maximum absolute atomic E-state index is 5.65. The van der Waals surface area contributed by atoms with Gasteiger partial charge in [-0.15, -0.1) is 0 Å². The van der Waals surface area contributed by atoms with E-state index in [9.17, 15) is 0 Å². The first-order valence-electron chi connectivity index (χ1n) is 5.63. The van der Waals surface area contributed by atoms with Gasteiger partial charge in [0.15, 0.2) is 5.65 Å². The van der Waals surface area contributed by atoms with E-state index in [0.717, 1.165) is 27.1 Å². The van der Waals surface area contributed by atoms with Crippen molar-refractivity contribution in [3.05, 3.63) is 34.8 Å². The van der Waals surface area contributed by atoms with Crippen molar-refractivity contribution in [3.63, 3.8) is 0 Å². The van der Waals surface area contributed by atoms with Crippen LogP contribution >= 0.6 is 15.9 Å². The summed E-state index contributed by atoms with van der Waals surface area (Å²) in [6.07, 6.45) is 0. The molecule has 0 saturated heterocycles. The molecule has 3 rings (SSSR count). The van der Waals surface area contributed by atoms with E-state index in [4.69, 9.17) is 10.5 Å². The molecular formula is C13H11BrN4O. The Bertz CT molecular complexity index is 753. The average molecular weight is 319 g/mol. The Hall–Kier alpha value is -2.08. The van der Waals surface area contributed by atoms with Crippen molar-refractivity contribution in [1.82, 2.24) is 15.0 Å². The van der Waals surface area contributed by atoms with Gasteiger partial charge in [0, 0.05) is 10.0 Å². The molecule has 0 bridgehead atoms. The van der Waals surface area contributed by atoms with Crippen LogP contribution in [0.3, 0.4) is 0 Å². The fourth-order valence-electron chi connectivity index (χ4n) is 1.85. The smallest absolute Gasteiger partial charge is 0.180 e. The SMILES string of the molecule is COc1ccc(Br)c(-c2nc3nc(N)ccc3[nH]2)c1. The van der Waals surface area contributed by atoms with E-state index in [-0.39, 0.29) is 0 Å². The number of fused-ring (bicyclic) bond motifs is 1. The van der Waals surface area contributed by atoms with Gasteiger partial charge in [0.1, 0.15) is 17.4 Å². The molecule has 0 spiro atoms. The average Bonchev–Trinajstić information content (AvgIpc) is 2.82. The Kier molecular flexibility index (Phi) is 2.87. The number of hydrogen-bond donors (Lipinski definition) is 2. The molecule has 19 heavy (non-hydrogen) atoms. The second kappa shape index (κ2) is 4.55. The number of nitrogens with zero attached hydrogens (tertiary/aromatic N) is 2. The molecule has 1 aromatic carbocycles. The molecule has 0 aliphatic carbocycles. The van der Waals surface area contributed by atoms with Gasteiger partial charge in [0.2, 0.25) is 0 Å². The second-order valence-electron chi connectivity index (χ2n) is 4.04. The zero-order valence-electron chi connectivity index (χ0n) is 10.1. The van der Waals surface area contributed by atoms with E-state index in [2.05, 4.69) is 30.9 Å². The number of nitrogens with two attached hydrogens (primary N) is 1. The molecule has 0 amide bonds. The predicted octanol–water partition coefficient (Wildman–Crippen LogP) is 2.98. The number of rotatable bonds is 2. The van der Waals surface area contributed by atoms with Crippen LogP contribution in [-0.4, -0.2) is 22.1 Å². The van der Waals surface area contributed by atoms with Gasteiger partial charge in [0.25, 0.3) is 0 Å². The van der Waals surface area contributed by atoms with Crippen LogP contribution < -0.4 is 10.5 Å². The van der Waals surface area contributed by atoms with Crippen LogP contribution in [0.4, 0.5) is 5.82 Å². The summed E-state index contributed by atoms with van der Waals surface area (Å²) >= 11 is 3.51. The van der Waals surface area contributed by atoms with Crippen LogP contribution in [0.1, 0.15) is 0 Å². The number of hydrogen-bond acceptors (Lipinski definition) is 4. The summed E-state index contributed by atoms with van der Waals surface area (Å²) in [7, 11) is 1.63. The minimum atomic E-state index is 0.454. The lowest BCUT2D eigenvalue weighted by atomic mass is 10.2. The lowest BCUT2D eigenvalue weighted by Gasteiger charge is -2.04. The van der Waals surface area contributed by atoms with Crippen molar-refractivity contribution in [2.75, 3.05) is 12.8 Å². The molecule has 3 aromatic rings. The monoisotopic (exact) mass is 318 g/mol. The summed E-state index contributed by atoms with van der Waals surface area (Å²) in [6, 6.07) is 9.31. The normalized spacial score (nSPS) is 10.8. The first-order valence-corrected chi connectivity index (χ1v) is 6.43. The summed E-state index contributed by atoms with van der Waals surface area (Å²) in [4.78, 5) is 11.8. The number of nitrogens with one attached hydrogen (secondary N) is 1. The molecule has 0 aliphatic rings. The molecule has 0 fully saturated rings. The number of aromatic amines is 1. The molecular weight excluding hydrogens is 308 g/mol. The van der Waals surface area contributed by atoms with Gasteiger partial charge in [0.05, 0.1) is 12.6 Å². The van der Waals surface area contributed by atoms with E-state index in [1.54, 1.807) is 13.2 Å². The second-order valence-corrected chi connectivity index (χ2v) is 4.89. The minimum Gasteiger partial charge on any atom is -0.497 e. The van der Waals surface area contributed by atoms with Gasteiger partial charge in [-0.3, -0.25) is 0 Å². The van der Waals surface area contributed by atoms with Crippen molar-refractivity contribution in [2.45, 2.75) is 0 Å². The standard InChI is InChI=1S/C13H11BrN4O/c1-19-7-2-3-9(14)8(6-7)12-16-10-4-5-11(15)17-13(10)18-12/h2-6H,1H3,(H3,15,16,17,18). The van der Waals surface area contributed by atoms with Crippen LogP contribution in [0.15, 0.2) is 34.8 Å². The van der Waals surface area contributed by atoms with Crippen molar-refractivity contribution in [2.24, 2.45) is 0 Å². The molecule has 0 unspecified atom stereocenters. The van der Waals surface area contributed by atoms with Gasteiger partial charge in [-0.05, 0) is 30.3 Å². The number of benzene rings is 1. The van der Waals surface area contributed by atoms with E-state index in [0.29, 0.717) is 11.5 Å². The fraction of sp³-hybridized carbons (Fsp3) is 0.0769. The summed E-state index contributed by atoms with van der Waals surface area (Å²) in [5, 5.41) is 0. The number of ether oxygens (including phenoxy) is 1. The highest BCUT2D eigenvalue weighted by Crippen LogP contribution is 2.31. The molecule has 5 nitrogen and oxygen atoms in total. The highest BCUT2D eigenvalue weighted by Gasteiger charge is 2.10. The number of H-pyrrole nitrogens is 1. The molecule has 6 heteroatoms. The summed E-state index contributed by atoms with van der Waals surface area (Å²) in [5.74, 6) is 1.94. The first-order chi connectivity index (χ1) is 9.17. The quantitative estimate of drug-likeness (QED) is 0.761. The maximum Gasteiger partial charge on any atom is 0.180 e. The van der Waals surface area contributed by atoms with Gasteiger partial charge in [-0.2, -0.15) is 0 Å². The molecule has 0 saturated carbocycles. The Labute approximate surface area is 118 Å². The minimum absolute atomic E-state index is 0.454. The van der Waals surface area contributed by atoms with E-state index >= 15 is 0 Å². The van der Waals surface area contributed by atoms with E-state index in [1.165, 1.54) is 0 Å². The van der Waals surface area contributed by atoms with Gasteiger partial charge >= 0.3 is 0 Å². The Morgan fingerprint density at radius 3 is 2.84 bits per heavy atom. The van der Waals surface area contributed by atoms with Crippen molar-refractivity contribution in [3.8, 4) is 17.1 Å². The Balaban J connectivity index is 2.18. The summed E-state index contributed by atoms with van der Waals surface area (Å²) in [6.45, 7) is 0. The lowest BCUT2D eigenvalue weighted by molar-refractivity contribution is 0.415. The van der Waals surface area contributed by atoms with Crippen LogP contribution in [0.5, 0.6) is 5.75 Å². The molecule has 2 heterocycles. The van der Waals surface area contributed by atoms with Crippen molar-refractivity contribution >= 4 is 32.9 Å². The highest BCUT2D eigenvalue weighted by molar-refractivity contribution is 9.10. The number of nitrogen functional groups attached to an aromatic ring is 1. The van der Waals surface area contributed by atoms with Crippen molar-refractivity contribution in [1.29, 1.82) is 0 Å². The highest BCUT2D eigenvalue weighted by atomic mass is 79.9. The third-order valence-corrected chi connectivity index (χ3v) is 3.49. The van der Waals surface area contributed by atoms with Crippen LogP contribution in [0.2, 0.25) is 0 Å². The predicted molar refractivity (Wildman–Crippen MR) is 78.0 cm³/mol. The summed E-state index contributed by atoms with van der Waals surface area (Å²) in [5.41, 5.74) is 8.01. The molecule has 2 aromatic heterocycles. The largest absolute Gasteiger partial charge is 0.497 e.